The van der Waals surface area contributed by atoms with Gasteiger partial charge in [0.05, 0.1) is 24.8 Å². The topological polar surface area (TPSA) is 174 Å². The number of rotatable bonds is 5. The zero-order valence-corrected chi connectivity index (χ0v) is 17.1. The van der Waals surface area contributed by atoms with E-state index in [1.807, 2.05) is 0 Å². The van der Waals surface area contributed by atoms with Gasteiger partial charge in [0, 0.05) is 16.9 Å². The maximum atomic E-state index is 12.4. The van der Waals surface area contributed by atoms with E-state index in [1.165, 1.54) is 11.6 Å². The number of aryl methyl sites for hydroxylation is 1. The number of nitrogens with zero attached hydrogens (tertiary/aromatic N) is 5. The highest BCUT2D eigenvalue weighted by molar-refractivity contribution is 9.10. The predicted molar refractivity (Wildman–Crippen MR) is 111 cm³/mol. The van der Waals surface area contributed by atoms with Crippen molar-refractivity contribution in [1.29, 1.82) is 0 Å². The van der Waals surface area contributed by atoms with Crippen LogP contribution in [-0.4, -0.2) is 52.1 Å². The molecule has 0 amide bonds. The third-order valence-electron chi connectivity index (χ3n) is 4.54. The molecule has 5 N–H and O–H groups in total. The number of azo groups is 1. The van der Waals surface area contributed by atoms with Gasteiger partial charge in [0.25, 0.3) is 11.5 Å². The molecule has 1 aromatic carbocycles. The maximum absolute atomic E-state index is 12.4. The summed E-state index contributed by atoms with van der Waals surface area (Å²) in [6.07, 6.45) is -1.20. The Labute approximate surface area is 175 Å². The van der Waals surface area contributed by atoms with E-state index in [-0.39, 0.29) is 35.2 Å². The van der Waals surface area contributed by atoms with Gasteiger partial charge in [0.1, 0.15) is 0 Å². The number of nitrogens with one attached hydrogen (secondary N) is 2. The molecule has 0 radical (unpaired) electrons. The summed E-state index contributed by atoms with van der Waals surface area (Å²) in [6.45, 7) is -0.773. The molecule has 13 heteroatoms. The van der Waals surface area contributed by atoms with Crippen LogP contribution in [0.25, 0.3) is 22.1 Å². The molecule has 1 atom stereocenters. The van der Waals surface area contributed by atoms with E-state index in [9.17, 15) is 24.9 Å². The fraction of sp³-hybridized carbons (Fsp3) is 0.235. The van der Waals surface area contributed by atoms with E-state index in [4.69, 9.17) is 0 Å². The first-order valence-corrected chi connectivity index (χ1v) is 9.50. The second kappa shape index (κ2) is 7.51. The van der Waals surface area contributed by atoms with Gasteiger partial charge < -0.3 is 20.3 Å². The highest BCUT2D eigenvalue weighted by Crippen LogP contribution is 2.37. The lowest BCUT2D eigenvalue weighted by Gasteiger charge is -2.09. The van der Waals surface area contributed by atoms with Crippen LogP contribution in [0.3, 0.4) is 0 Å². The zero-order valence-electron chi connectivity index (χ0n) is 15.5. The van der Waals surface area contributed by atoms with Gasteiger partial charge >= 0.3 is 5.69 Å². The number of imidazole rings is 1. The summed E-state index contributed by atoms with van der Waals surface area (Å²) >= 11 is 3.36. The summed E-state index contributed by atoms with van der Waals surface area (Å²) in [6, 6.07) is 5.29. The van der Waals surface area contributed by atoms with Crippen molar-refractivity contribution in [1.82, 2.24) is 24.1 Å². The Morgan fingerprint density at radius 1 is 1.27 bits per heavy atom. The van der Waals surface area contributed by atoms with Crippen LogP contribution in [0.2, 0.25) is 0 Å². The second-order valence-corrected chi connectivity index (χ2v) is 7.48. The molecule has 3 heterocycles. The van der Waals surface area contributed by atoms with Crippen molar-refractivity contribution in [2.75, 3.05) is 6.61 Å². The van der Waals surface area contributed by atoms with Crippen LogP contribution in [-0.2, 0) is 13.6 Å². The first-order valence-electron chi connectivity index (χ1n) is 8.70. The Morgan fingerprint density at radius 2 is 2.03 bits per heavy atom. The first-order chi connectivity index (χ1) is 14.3. The molecule has 0 unspecified atom stereocenters. The van der Waals surface area contributed by atoms with E-state index >= 15 is 0 Å². The number of hydrogen-bond acceptors (Lipinski definition) is 8. The minimum Gasteiger partial charge on any atom is -0.493 e. The molecule has 0 spiro atoms. The SMILES string of the molecule is Cn1c(=O)[nH]c(=O)c2c1nc(N=Nc1c(O)[nH]c3ccc(Br)cc13)n2C[C@@H](O)CO. The number of halogens is 1. The molecule has 0 fully saturated rings. The monoisotopic (exact) mass is 477 g/mol. The molecule has 0 aliphatic carbocycles. The van der Waals surface area contributed by atoms with E-state index in [2.05, 4.69) is 41.1 Å². The van der Waals surface area contributed by atoms with E-state index < -0.39 is 24.0 Å². The van der Waals surface area contributed by atoms with Crippen LogP contribution >= 0.6 is 15.9 Å². The van der Waals surface area contributed by atoms with Crippen molar-refractivity contribution in [2.45, 2.75) is 12.6 Å². The third-order valence-corrected chi connectivity index (χ3v) is 5.04. The number of aromatic hydroxyl groups is 1. The second-order valence-electron chi connectivity index (χ2n) is 6.56. The van der Waals surface area contributed by atoms with Crippen LogP contribution < -0.4 is 11.2 Å². The zero-order chi connectivity index (χ0) is 21.6. The number of hydrogen-bond donors (Lipinski definition) is 5. The van der Waals surface area contributed by atoms with Crippen LogP contribution in [0.5, 0.6) is 5.88 Å². The molecule has 0 aliphatic heterocycles. The largest absolute Gasteiger partial charge is 0.493 e. The van der Waals surface area contributed by atoms with Crippen LogP contribution in [0.15, 0.2) is 42.5 Å². The van der Waals surface area contributed by atoms with E-state index in [1.54, 1.807) is 18.2 Å². The summed E-state index contributed by atoms with van der Waals surface area (Å²) in [4.78, 5) is 33.4. The van der Waals surface area contributed by atoms with Gasteiger partial charge in [0.15, 0.2) is 16.9 Å². The maximum Gasteiger partial charge on any atom is 0.329 e. The molecule has 0 saturated heterocycles. The standard InChI is InChI=1S/C17H16BrN7O5/c1-24-13-12(15(29)21-17(24)30)25(5-8(27)6-26)16(20-13)23-22-11-9-4-7(18)2-3-10(9)19-14(11)28/h2-4,8,19,26-28H,5-6H2,1H3,(H,21,29,30)/t8-/m1/s1. The average molecular weight is 478 g/mol. The number of aromatic amines is 2. The molecule has 0 saturated carbocycles. The van der Waals surface area contributed by atoms with Crippen LogP contribution in [0.4, 0.5) is 11.6 Å². The van der Waals surface area contributed by atoms with Crippen molar-refractivity contribution in [2.24, 2.45) is 17.3 Å². The van der Waals surface area contributed by atoms with Gasteiger partial charge in [-0.25, -0.2) is 4.79 Å². The van der Waals surface area contributed by atoms with Crippen molar-refractivity contribution < 1.29 is 15.3 Å². The molecular formula is C17H16BrN7O5. The Morgan fingerprint density at radius 3 is 2.77 bits per heavy atom. The van der Waals surface area contributed by atoms with Crippen LogP contribution in [0.1, 0.15) is 0 Å². The fourth-order valence-corrected chi connectivity index (χ4v) is 3.43. The molecule has 12 nitrogen and oxygen atoms in total. The molecule has 0 bridgehead atoms. The lowest BCUT2D eigenvalue weighted by Crippen LogP contribution is -2.30. The van der Waals surface area contributed by atoms with Crippen molar-refractivity contribution in [3.8, 4) is 5.88 Å². The molecule has 0 aliphatic rings. The minimum absolute atomic E-state index is 0.00977. The highest BCUT2D eigenvalue weighted by atomic mass is 79.9. The van der Waals surface area contributed by atoms with Crippen molar-refractivity contribution in [3.05, 3.63) is 43.5 Å². The Balaban J connectivity index is 1.92. The fourth-order valence-electron chi connectivity index (χ4n) is 3.07. The number of H-pyrrole nitrogens is 2. The molecule has 4 rings (SSSR count). The summed E-state index contributed by atoms with van der Waals surface area (Å²) in [5.74, 6) is -0.303. The lowest BCUT2D eigenvalue weighted by molar-refractivity contribution is 0.0824. The Kier molecular flexibility index (Phi) is 5.01. The number of aliphatic hydroxyl groups excluding tert-OH is 2. The van der Waals surface area contributed by atoms with Crippen LogP contribution in [0, 0.1) is 0 Å². The van der Waals surface area contributed by atoms with Gasteiger partial charge in [-0.3, -0.25) is 18.9 Å². The Hall–Kier alpha value is -3.29. The number of fused-ring (bicyclic) bond motifs is 2. The third kappa shape index (κ3) is 3.32. The molecule has 30 heavy (non-hydrogen) atoms. The highest BCUT2D eigenvalue weighted by Gasteiger charge is 2.20. The molecular weight excluding hydrogens is 462 g/mol. The summed E-state index contributed by atoms with van der Waals surface area (Å²) < 4.78 is 3.14. The summed E-state index contributed by atoms with van der Waals surface area (Å²) in [5.41, 5.74) is -0.574. The Bertz CT molecular complexity index is 1410. The van der Waals surface area contributed by atoms with Gasteiger partial charge in [-0.1, -0.05) is 15.9 Å². The molecule has 4 aromatic rings. The molecule has 3 aromatic heterocycles. The van der Waals surface area contributed by atoms with Gasteiger partial charge in [-0.15, -0.1) is 10.2 Å². The number of aromatic nitrogens is 5. The van der Waals surface area contributed by atoms with Gasteiger partial charge in [0.2, 0.25) is 5.88 Å². The molecule has 156 valence electrons. The van der Waals surface area contributed by atoms with Crippen molar-refractivity contribution >= 4 is 49.6 Å². The average Bonchev–Trinajstić information content (AvgIpc) is 3.21. The number of aliphatic hydroxyl groups is 2. The van der Waals surface area contributed by atoms with Crippen molar-refractivity contribution in [3.63, 3.8) is 0 Å². The first kappa shape index (κ1) is 20.0. The number of benzene rings is 1. The normalized spacial score (nSPS) is 13.1. The van der Waals surface area contributed by atoms with Gasteiger partial charge in [-0.05, 0) is 18.2 Å². The smallest absolute Gasteiger partial charge is 0.329 e. The minimum atomic E-state index is -1.20. The summed E-state index contributed by atoms with van der Waals surface area (Å²) in [5, 5.41) is 38.0. The quantitative estimate of drug-likeness (QED) is 0.269. The van der Waals surface area contributed by atoms with E-state index in [0.717, 1.165) is 9.04 Å². The van der Waals surface area contributed by atoms with E-state index in [0.29, 0.717) is 10.9 Å². The predicted octanol–water partition coefficient (Wildman–Crippen LogP) is 1.14. The lowest BCUT2D eigenvalue weighted by atomic mass is 10.2. The van der Waals surface area contributed by atoms with Gasteiger partial charge in [-0.2, -0.15) is 4.98 Å². The summed E-state index contributed by atoms with van der Waals surface area (Å²) in [7, 11) is 1.42.